The number of nitrogens with zero attached hydrogens (tertiary/aromatic N) is 1. The van der Waals surface area contributed by atoms with E-state index >= 15 is 0 Å². The third-order valence-electron chi connectivity index (χ3n) is 6.77. The van der Waals surface area contributed by atoms with Crippen LogP contribution >= 0.6 is 0 Å². The number of carbonyl (C=O) groups is 1. The second-order valence-electron chi connectivity index (χ2n) is 8.44. The van der Waals surface area contributed by atoms with Gasteiger partial charge in [-0.1, -0.05) is 6.42 Å². The van der Waals surface area contributed by atoms with Crippen molar-refractivity contribution in [3.8, 4) is 0 Å². The van der Waals surface area contributed by atoms with Gasteiger partial charge >= 0.3 is 0 Å². The summed E-state index contributed by atoms with van der Waals surface area (Å²) in [5.74, 6) is 3.12. The van der Waals surface area contributed by atoms with E-state index in [9.17, 15) is 4.79 Å². The summed E-state index contributed by atoms with van der Waals surface area (Å²) < 4.78 is 11.3. The van der Waals surface area contributed by atoms with Gasteiger partial charge in [-0.3, -0.25) is 9.69 Å². The molecule has 4 aliphatic rings. The van der Waals surface area contributed by atoms with E-state index in [0.29, 0.717) is 37.6 Å². The van der Waals surface area contributed by atoms with Gasteiger partial charge in [0, 0.05) is 18.5 Å². The van der Waals surface area contributed by atoms with Gasteiger partial charge in [0.2, 0.25) is 5.91 Å². The molecule has 2 saturated heterocycles. The Bertz CT molecular complexity index is 452. The molecule has 4 rings (SSSR count). The number of fused-ring (bicyclic) bond motifs is 2. The SMILES string of the molecule is CC(NC(=O)CN1CCCC(C2OCCO2)C1)C1CC2CCC1C2. The van der Waals surface area contributed by atoms with Crippen LogP contribution in [0.25, 0.3) is 0 Å². The highest BCUT2D eigenvalue weighted by atomic mass is 16.7. The molecule has 2 heterocycles. The van der Waals surface area contributed by atoms with Gasteiger partial charge in [-0.2, -0.15) is 0 Å². The Kier molecular flexibility index (Phi) is 5.11. The van der Waals surface area contributed by atoms with Crippen LogP contribution in [-0.2, 0) is 14.3 Å². The molecule has 4 fully saturated rings. The van der Waals surface area contributed by atoms with Crippen LogP contribution in [-0.4, -0.2) is 56.0 Å². The summed E-state index contributed by atoms with van der Waals surface area (Å²) in [7, 11) is 0. The maximum absolute atomic E-state index is 12.5. The van der Waals surface area contributed by atoms with Crippen LogP contribution in [0, 0.1) is 23.7 Å². The maximum atomic E-state index is 12.5. The zero-order valence-corrected chi connectivity index (χ0v) is 14.9. The van der Waals surface area contributed by atoms with E-state index in [1.165, 1.54) is 25.7 Å². The van der Waals surface area contributed by atoms with Crippen molar-refractivity contribution >= 4 is 5.91 Å². The molecule has 2 aliphatic carbocycles. The van der Waals surface area contributed by atoms with Crippen LogP contribution in [0.5, 0.6) is 0 Å². The Morgan fingerprint density at radius 1 is 1.17 bits per heavy atom. The number of ether oxygens (including phenoxy) is 2. The van der Waals surface area contributed by atoms with Gasteiger partial charge < -0.3 is 14.8 Å². The number of rotatable bonds is 5. The number of amides is 1. The summed E-state index contributed by atoms with van der Waals surface area (Å²) in [6.45, 7) is 6.09. The van der Waals surface area contributed by atoms with Crippen LogP contribution in [0.1, 0.15) is 45.4 Å². The predicted octanol–water partition coefficient (Wildman–Crippen LogP) is 2.01. The molecule has 5 nitrogen and oxygen atoms in total. The largest absolute Gasteiger partial charge is 0.352 e. The zero-order valence-electron chi connectivity index (χ0n) is 14.9. The normalized spacial score (nSPS) is 38.5. The number of hydrogen-bond acceptors (Lipinski definition) is 4. The number of likely N-dealkylation sites (tertiary alicyclic amines) is 1. The number of hydrogen-bond donors (Lipinski definition) is 1. The van der Waals surface area contributed by atoms with Gasteiger partial charge in [0.05, 0.1) is 19.8 Å². The standard InChI is InChI=1S/C19H32N2O3/c1-13(17-10-14-4-5-15(17)9-14)20-18(22)12-21-6-2-3-16(11-21)19-23-7-8-24-19/h13-17,19H,2-12H2,1H3,(H,20,22). The van der Waals surface area contributed by atoms with Crippen molar-refractivity contribution in [2.45, 2.75) is 57.8 Å². The molecule has 0 aromatic carbocycles. The van der Waals surface area contributed by atoms with E-state index in [1.54, 1.807) is 0 Å². The molecule has 5 unspecified atom stereocenters. The maximum Gasteiger partial charge on any atom is 0.234 e. The van der Waals surface area contributed by atoms with Crippen molar-refractivity contribution in [1.29, 1.82) is 0 Å². The minimum Gasteiger partial charge on any atom is -0.352 e. The molecule has 1 amide bonds. The first-order valence-electron chi connectivity index (χ1n) is 9.94. The second-order valence-corrected chi connectivity index (χ2v) is 8.44. The third-order valence-corrected chi connectivity index (χ3v) is 6.77. The molecule has 1 N–H and O–H groups in total. The van der Waals surface area contributed by atoms with E-state index in [-0.39, 0.29) is 12.2 Å². The molecule has 5 atom stereocenters. The molecule has 24 heavy (non-hydrogen) atoms. The third kappa shape index (κ3) is 3.63. The van der Waals surface area contributed by atoms with Crippen LogP contribution in [0.2, 0.25) is 0 Å². The van der Waals surface area contributed by atoms with Crippen molar-refractivity contribution < 1.29 is 14.3 Å². The summed E-state index contributed by atoms with van der Waals surface area (Å²) >= 11 is 0. The molecular formula is C19H32N2O3. The predicted molar refractivity (Wildman–Crippen MR) is 91.4 cm³/mol. The highest BCUT2D eigenvalue weighted by Gasteiger charge is 2.42. The van der Waals surface area contributed by atoms with Crippen molar-refractivity contribution in [1.82, 2.24) is 10.2 Å². The first kappa shape index (κ1) is 16.8. The summed E-state index contributed by atoms with van der Waals surface area (Å²) in [6, 6.07) is 0.329. The average Bonchev–Trinajstić information content (AvgIpc) is 3.32. The molecule has 0 aromatic rings. The lowest BCUT2D eigenvalue weighted by Gasteiger charge is -2.35. The van der Waals surface area contributed by atoms with Crippen molar-refractivity contribution in [3.05, 3.63) is 0 Å². The van der Waals surface area contributed by atoms with Crippen molar-refractivity contribution in [2.24, 2.45) is 23.7 Å². The second kappa shape index (κ2) is 7.30. The first-order chi connectivity index (χ1) is 11.7. The zero-order chi connectivity index (χ0) is 16.5. The van der Waals surface area contributed by atoms with Gasteiger partial charge in [0.15, 0.2) is 6.29 Å². The summed E-state index contributed by atoms with van der Waals surface area (Å²) in [4.78, 5) is 14.8. The van der Waals surface area contributed by atoms with E-state index in [0.717, 1.165) is 37.8 Å². The van der Waals surface area contributed by atoms with Crippen LogP contribution in [0.3, 0.4) is 0 Å². The summed E-state index contributed by atoms with van der Waals surface area (Å²) in [5, 5.41) is 3.30. The van der Waals surface area contributed by atoms with Crippen LogP contribution < -0.4 is 5.32 Å². The highest BCUT2D eigenvalue weighted by Crippen LogP contribution is 2.49. The minimum absolute atomic E-state index is 0.0520. The Morgan fingerprint density at radius 3 is 2.71 bits per heavy atom. The van der Waals surface area contributed by atoms with E-state index in [2.05, 4.69) is 17.1 Å². The van der Waals surface area contributed by atoms with Crippen LogP contribution in [0.15, 0.2) is 0 Å². The quantitative estimate of drug-likeness (QED) is 0.834. The number of piperidine rings is 1. The molecule has 5 heteroatoms. The first-order valence-corrected chi connectivity index (χ1v) is 9.94. The molecule has 0 spiro atoms. The van der Waals surface area contributed by atoms with Gasteiger partial charge in [0.25, 0.3) is 0 Å². The van der Waals surface area contributed by atoms with Gasteiger partial charge in [-0.25, -0.2) is 0 Å². The summed E-state index contributed by atoms with van der Waals surface area (Å²) in [6.07, 6.45) is 7.75. The lowest BCUT2D eigenvalue weighted by Crippen LogP contribution is -2.48. The Labute approximate surface area is 145 Å². The van der Waals surface area contributed by atoms with E-state index < -0.39 is 0 Å². The van der Waals surface area contributed by atoms with Gasteiger partial charge in [-0.15, -0.1) is 0 Å². The minimum atomic E-state index is -0.0520. The smallest absolute Gasteiger partial charge is 0.234 e. The molecule has 136 valence electrons. The molecule has 2 aliphatic heterocycles. The molecule has 2 saturated carbocycles. The monoisotopic (exact) mass is 336 g/mol. The fourth-order valence-electron chi connectivity index (χ4n) is 5.62. The lowest BCUT2D eigenvalue weighted by atomic mass is 9.84. The number of nitrogens with one attached hydrogen (secondary N) is 1. The van der Waals surface area contributed by atoms with E-state index in [1.807, 2.05) is 0 Å². The van der Waals surface area contributed by atoms with E-state index in [4.69, 9.17) is 9.47 Å². The van der Waals surface area contributed by atoms with Gasteiger partial charge in [0.1, 0.15) is 0 Å². The molecule has 2 bridgehead atoms. The molecular weight excluding hydrogens is 304 g/mol. The molecule has 0 radical (unpaired) electrons. The van der Waals surface area contributed by atoms with Crippen LogP contribution in [0.4, 0.5) is 0 Å². The Hall–Kier alpha value is -0.650. The van der Waals surface area contributed by atoms with Crippen molar-refractivity contribution in [3.63, 3.8) is 0 Å². The molecule has 0 aromatic heterocycles. The van der Waals surface area contributed by atoms with Crippen molar-refractivity contribution in [2.75, 3.05) is 32.8 Å². The Morgan fingerprint density at radius 2 is 2.00 bits per heavy atom. The summed E-state index contributed by atoms with van der Waals surface area (Å²) in [5.41, 5.74) is 0. The lowest BCUT2D eigenvalue weighted by molar-refractivity contribution is -0.126. The average molecular weight is 336 g/mol. The Balaban J connectivity index is 1.23. The number of carbonyl (C=O) groups excluding carboxylic acids is 1. The topological polar surface area (TPSA) is 50.8 Å². The van der Waals surface area contributed by atoms with Gasteiger partial charge in [-0.05, 0) is 63.3 Å². The fourth-order valence-corrected chi connectivity index (χ4v) is 5.62. The fraction of sp³-hybridized carbons (Fsp3) is 0.947. The highest BCUT2D eigenvalue weighted by molar-refractivity contribution is 5.78.